The molecule has 0 spiro atoms. The first-order valence-corrected chi connectivity index (χ1v) is 7.34. The van der Waals surface area contributed by atoms with Crippen molar-refractivity contribution < 1.29 is 12.9 Å². The van der Waals surface area contributed by atoms with E-state index in [1.54, 1.807) is 26.2 Å². The average molecular weight is 297 g/mol. The van der Waals surface area contributed by atoms with Crippen LogP contribution < -0.4 is 10.3 Å². The van der Waals surface area contributed by atoms with Crippen LogP contribution >= 0.6 is 0 Å². The third-order valence-corrected chi connectivity index (χ3v) is 4.54. The molecule has 2 aromatic rings. The number of pyridine rings is 1. The standard InChI is InChI=1S/C12H15N3O4S/c1-7-5-6-15(4)12(16)10(7)14-20(17,18)11-8(2)13-19-9(11)3/h5-6,14H,1-4H3. The first-order valence-electron chi connectivity index (χ1n) is 5.86. The largest absolute Gasteiger partial charge is 0.360 e. The molecule has 0 fully saturated rings. The second-order valence-corrected chi connectivity index (χ2v) is 6.17. The predicted octanol–water partition coefficient (Wildman–Crippen LogP) is 1.10. The van der Waals surface area contributed by atoms with Gasteiger partial charge in [-0.1, -0.05) is 5.16 Å². The van der Waals surface area contributed by atoms with Crippen LogP contribution in [-0.2, 0) is 17.1 Å². The van der Waals surface area contributed by atoms with Gasteiger partial charge >= 0.3 is 0 Å². The van der Waals surface area contributed by atoms with E-state index in [-0.39, 0.29) is 22.0 Å². The first kappa shape index (κ1) is 14.3. The summed E-state index contributed by atoms with van der Waals surface area (Å²) in [6.07, 6.45) is 1.57. The molecule has 20 heavy (non-hydrogen) atoms. The zero-order chi connectivity index (χ0) is 15.1. The van der Waals surface area contributed by atoms with E-state index in [1.807, 2.05) is 0 Å². The van der Waals surface area contributed by atoms with E-state index < -0.39 is 15.6 Å². The van der Waals surface area contributed by atoms with Gasteiger partial charge in [0, 0.05) is 13.2 Å². The molecule has 0 unspecified atom stereocenters. The van der Waals surface area contributed by atoms with Gasteiger partial charge < -0.3 is 9.09 Å². The van der Waals surface area contributed by atoms with Gasteiger partial charge in [-0.15, -0.1) is 0 Å². The van der Waals surface area contributed by atoms with Gasteiger partial charge in [-0.3, -0.25) is 9.52 Å². The molecule has 2 heterocycles. The molecule has 0 atom stereocenters. The minimum atomic E-state index is -3.91. The Kier molecular flexibility index (Phi) is 3.43. The summed E-state index contributed by atoms with van der Waals surface area (Å²) in [5.74, 6) is 0.181. The Morgan fingerprint density at radius 3 is 2.50 bits per heavy atom. The predicted molar refractivity (Wildman–Crippen MR) is 73.2 cm³/mol. The lowest BCUT2D eigenvalue weighted by Crippen LogP contribution is -2.25. The van der Waals surface area contributed by atoms with Crippen molar-refractivity contribution in [3.05, 3.63) is 39.6 Å². The number of aryl methyl sites for hydroxylation is 4. The second kappa shape index (κ2) is 4.78. The fourth-order valence-electron chi connectivity index (χ4n) is 1.89. The molecule has 0 radical (unpaired) electrons. The van der Waals surface area contributed by atoms with Crippen molar-refractivity contribution >= 4 is 15.7 Å². The van der Waals surface area contributed by atoms with E-state index in [0.717, 1.165) is 0 Å². The fourth-order valence-corrected chi connectivity index (χ4v) is 3.35. The third kappa shape index (κ3) is 2.34. The summed E-state index contributed by atoms with van der Waals surface area (Å²) in [5.41, 5.74) is 0.402. The summed E-state index contributed by atoms with van der Waals surface area (Å²) in [6.45, 7) is 4.69. The monoisotopic (exact) mass is 297 g/mol. The van der Waals surface area contributed by atoms with E-state index in [2.05, 4.69) is 9.88 Å². The van der Waals surface area contributed by atoms with Crippen molar-refractivity contribution in [1.29, 1.82) is 0 Å². The molecule has 108 valence electrons. The van der Waals surface area contributed by atoms with Crippen LogP contribution in [0.2, 0.25) is 0 Å². The summed E-state index contributed by atoms with van der Waals surface area (Å²) in [5, 5.41) is 3.61. The van der Waals surface area contributed by atoms with Crippen molar-refractivity contribution in [2.45, 2.75) is 25.7 Å². The molecule has 2 rings (SSSR count). The maximum Gasteiger partial charge on any atom is 0.274 e. The van der Waals surface area contributed by atoms with Gasteiger partial charge in [0.15, 0.2) is 10.7 Å². The first-order chi connectivity index (χ1) is 9.24. The highest BCUT2D eigenvalue weighted by atomic mass is 32.2. The van der Waals surface area contributed by atoms with E-state index in [1.165, 1.54) is 18.4 Å². The van der Waals surface area contributed by atoms with Crippen LogP contribution in [0.25, 0.3) is 0 Å². The van der Waals surface area contributed by atoms with Gasteiger partial charge in [0.05, 0.1) is 0 Å². The maximum atomic E-state index is 12.4. The van der Waals surface area contributed by atoms with Gasteiger partial charge in [-0.05, 0) is 32.4 Å². The minimum Gasteiger partial charge on any atom is -0.360 e. The molecular formula is C12H15N3O4S. The number of aromatic nitrogens is 2. The van der Waals surface area contributed by atoms with Crippen LogP contribution in [0.1, 0.15) is 17.0 Å². The van der Waals surface area contributed by atoms with Crippen LogP contribution in [-0.4, -0.2) is 18.1 Å². The van der Waals surface area contributed by atoms with Crippen molar-refractivity contribution in [1.82, 2.24) is 9.72 Å². The Morgan fingerprint density at radius 1 is 1.30 bits per heavy atom. The lowest BCUT2D eigenvalue weighted by molar-refractivity contribution is 0.390. The molecule has 0 aliphatic carbocycles. The molecule has 0 amide bonds. The SMILES string of the molecule is Cc1ccn(C)c(=O)c1NS(=O)(=O)c1c(C)noc1C. The van der Waals surface area contributed by atoms with Gasteiger partial charge in [-0.2, -0.15) is 0 Å². The van der Waals surface area contributed by atoms with E-state index in [9.17, 15) is 13.2 Å². The molecule has 0 saturated heterocycles. The van der Waals surface area contributed by atoms with Crippen molar-refractivity contribution in [3.63, 3.8) is 0 Å². The smallest absolute Gasteiger partial charge is 0.274 e. The lowest BCUT2D eigenvalue weighted by Gasteiger charge is -2.10. The van der Waals surface area contributed by atoms with Crippen LogP contribution in [0.5, 0.6) is 0 Å². The molecule has 7 nitrogen and oxygen atoms in total. The zero-order valence-corrected chi connectivity index (χ0v) is 12.4. The molecular weight excluding hydrogens is 282 g/mol. The molecule has 2 aromatic heterocycles. The molecule has 0 bridgehead atoms. The van der Waals surface area contributed by atoms with E-state index in [0.29, 0.717) is 5.56 Å². The van der Waals surface area contributed by atoms with Crippen LogP contribution in [0.15, 0.2) is 26.5 Å². The van der Waals surface area contributed by atoms with Crippen LogP contribution in [0.3, 0.4) is 0 Å². The van der Waals surface area contributed by atoms with Crippen molar-refractivity contribution in [3.8, 4) is 0 Å². The number of nitrogens with one attached hydrogen (secondary N) is 1. The number of hydrogen-bond donors (Lipinski definition) is 1. The average Bonchev–Trinajstić information content (AvgIpc) is 2.70. The van der Waals surface area contributed by atoms with Crippen molar-refractivity contribution in [2.75, 3.05) is 4.72 Å². The van der Waals surface area contributed by atoms with Gasteiger partial charge in [0.2, 0.25) is 0 Å². The number of sulfonamides is 1. The molecule has 0 aliphatic heterocycles. The quantitative estimate of drug-likeness (QED) is 0.915. The Labute approximate surface area is 116 Å². The highest BCUT2D eigenvalue weighted by Crippen LogP contribution is 2.22. The Balaban J connectivity index is 2.56. The molecule has 1 N–H and O–H groups in total. The second-order valence-electron chi connectivity index (χ2n) is 4.55. The highest BCUT2D eigenvalue weighted by Gasteiger charge is 2.25. The maximum absolute atomic E-state index is 12.4. The Morgan fingerprint density at radius 2 is 1.95 bits per heavy atom. The lowest BCUT2D eigenvalue weighted by atomic mass is 10.2. The van der Waals surface area contributed by atoms with Gasteiger partial charge in [-0.25, -0.2) is 8.42 Å². The normalized spacial score (nSPS) is 11.6. The zero-order valence-electron chi connectivity index (χ0n) is 11.6. The topological polar surface area (TPSA) is 94.2 Å². The summed E-state index contributed by atoms with van der Waals surface area (Å²) < 4.78 is 33.2. The van der Waals surface area contributed by atoms with E-state index >= 15 is 0 Å². The Bertz CT molecular complexity index is 798. The molecule has 0 aromatic carbocycles. The fraction of sp³-hybridized carbons (Fsp3) is 0.333. The minimum absolute atomic E-state index is 0.0231. The molecule has 0 saturated carbocycles. The summed E-state index contributed by atoms with van der Waals surface area (Å²) in [6, 6.07) is 1.66. The van der Waals surface area contributed by atoms with Gasteiger partial charge in [0.25, 0.3) is 15.6 Å². The third-order valence-electron chi connectivity index (χ3n) is 2.95. The van der Waals surface area contributed by atoms with Crippen LogP contribution in [0.4, 0.5) is 5.69 Å². The summed E-state index contributed by atoms with van der Waals surface area (Å²) in [4.78, 5) is 12.0. The number of nitrogens with zero attached hydrogens (tertiary/aromatic N) is 2. The highest BCUT2D eigenvalue weighted by molar-refractivity contribution is 7.92. The van der Waals surface area contributed by atoms with E-state index in [4.69, 9.17) is 4.52 Å². The number of anilines is 1. The molecule has 8 heteroatoms. The number of rotatable bonds is 3. The Hall–Kier alpha value is -2.09. The van der Waals surface area contributed by atoms with Crippen LogP contribution in [0, 0.1) is 20.8 Å². The number of hydrogen-bond acceptors (Lipinski definition) is 5. The summed E-state index contributed by atoms with van der Waals surface area (Å²) in [7, 11) is -2.36. The summed E-state index contributed by atoms with van der Waals surface area (Å²) >= 11 is 0. The van der Waals surface area contributed by atoms with Crippen molar-refractivity contribution in [2.24, 2.45) is 7.05 Å². The molecule has 0 aliphatic rings. The van der Waals surface area contributed by atoms with Gasteiger partial charge in [0.1, 0.15) is 11.4 Å².